The summed E-state index contributed by atoms with van der Waals surface area (Å²) in [6.45, 7) is 0.313. The second kappa shape index (κ2) is 9.67. The van der Waals surface area contributed by atoms with Crippen LogP contribution in [0.25, 0.3) is 6.08 Å². The maximum absolute atomic E-state index is 12.9. The summed E-state index contributed by atoms with van der Waals surface area (Å²) in [4.78, 5) is 12.4. The minimum Gasteiger partial charge on any atom is -0.489 e. The maximum Gasteiger partial charge on any atom is 0.266 e. The van der Waals surface area contributed by atoms with E-state index in [0.29, 0.717) is 23.6 Å². The summed E-state index contributed by atoms with van der Waals surface area (Å²) in [5.74, 6) is -0.152. The zero-order valence-corrected chi connectivity index (χ0v) is 16.8. The van der Waals surface area contributed by atoms with E-state index in [1.165, 1.54) is 18.2 Å². The van der Waals surface area contributed by atoms with E-state index >= 15 is 0 Å². The molecule has 0 bridgehead atoms. The first-order valence-corrected chi connectivity index (χ1v) is 9.49. The summed E-state index contributed by atoms with van der Waals surface area (Å²) < 4.78 is 19.3. The lowest BCUT2D eigenvalue weighted by Crippen LogP contribution is -2.13. The number of hydrogen-bond acceptors (Lipinski definition) is 3. The van der Waals surface area contributed by atoms with Crippen molar-refractivity contribution in [3.63, 3.8) is 0 Å². The number of benzene rings is 3. The van der Waals surface area contributed by atoms with E-state index in [1.807, 2.05) is 12.1 Å². The molecule has 0 saturated carbocycles. The molecule has 0 aliphatic rings. The van der Waals surface area contributed by atoms with E-state index in [-0.39, 0.29) is 11.4 Å². The van der Waals surface area contributed by atoms with Gasteiger partial charge in [0.1, 0.15) is 29.8 Å². The average Bonchev–Trinajstić information content (AvgIpc) is 2.74. The van der Waals surface area contributed by atoms with E-state index in [0.717, 1.165) is 10.0 Å². The Bertz CT molecular complexity index is 1070. The molecule has 3 aromatic rings. The van der Waals surface area contributed by atoms with E-state index in [1.54, 1.807) is 54.6 Å². The lowest BCUT2D eigenvalue weighted by Gasteiger charge is -2.07. The molecule has 6 heteroatoms. The smallest absolute Gasteiger partial charge is 0.266 e. The quantitative estimate of drug-likeness (QED) is 0.386. The van der Waals surface area contributed by atoms with Gasteiger partial charge in [-0.15, -0.1) is 0 Å². The van der Waals surface area contributed by atoms with Crippen LogP contribution in [-0.2, 0) is 11.4 Å². The van der Waals surface area contributed by atoms with Crippen LogP contribution in [0, 0.1) is 17.1 Å². The highest BCUT2D eigenvalue weighted by molar-refractivity contribution is 9.10. The number of hydrogen-bond donors (Lipinski definition) is 1. The van der Waals surface area contributed by atoms with Crippen LogP contribution < -0.4 is 10.1 Å². The van der Waals surface area contributed by atoms with Crippen molar-refractivity contribution in [2.75, 3.05) is 5.32 Å². The number of halogens is 2. The van der Waals surface area contributed by atoms with Gasteiger partial charge in [-0.25, -0.2) is 4.39 Å². The molecule has 0 saturated heterocycles. The number of rotatable bonds is 6. The lowest BCUT2D eigenvalue weighted by molar-refractivity contribution is -0.112. The zero-order chi connectivity index (χ0) is 20.6. The van der Waals surface area contributed by atoms with Gasteiger partial charge in [-0.05, 0) is 69.5 Å². The van der Waals surface area contributed by atoms with Crippen LogP contribution in [0.4, 0.5) is 10.1 Å². The fourth-order valence-corrected chi connectivity index (χ4v) is 2.86. The first kappa shape index (κ1) is 20.3. The van der Waals surface area contributed by atoms with Crippen molar-refractivity contribution in [3.05, 3.63) is 99.8 Å². The van der Waals surface area contributed by atoms with E-state index in [2.05, 4.69) is 21.2 Å². The topological polar surface area (TPSA) is 62.1 Å². The number of amides is 1. The van der Waals surface area contributed by atoms with E-state index < -0.39 is 5.91 Å². The van der Waals surface area contributed by atoms with Crippen molar-refractivity contribution in [1.82, 2.24) is 0 Å². The first-order chi connectivity index (χ1) is 14.0. The van der Waals surface area contributed by atoms with Gasteiger partial charge >= 0.3 is 0 Å². The SMILES string of the molecule is N#C/C(=C/c1ccc(OCc2ccc(F)cc2)cc1)C(=O)Nc1ccccc1Br. The third kappa shape index (κ3) is 5.77. The van der Waals surface area contributed by atoms with Crippen LogP contribution in [-0.4, -0.2) is 5.91 Å². The number of carbonyl (C=O) groups is 1. The van der Waals surface area contributed by atoms with Crippen molar-refractivity contribution >= 4 is 33.6 Å². The Labute approximate surface area is 176 Å². The van der Waals surface area contributed by atoms with Gasteiger partial charge in [0, 0.05) is 4.47 Å². The molecule has 0 heterocycles. The molecule has 4 nitrogen and oxygen atoms in total. The molecule has 0 atom stereocenters. The molecular formula is C23H16BrFN2O2. The summed E-state index contributed by atoms with van der Waals surface area (Å²) in [5, 5.41) is 12.1. The molecule has 29 heavy (non-hydrogen) atoms. The first-order valence-electron chi connectivity index (χ1n) is 8.70. The Morgan fingerprint density at radius 3 is 2.41 bits per heavy atom. The van der Waals surface area contributed by atoms with Gasteiger partial charge in [0.2, 0.25) is 0 Å². The molecule has 0 aromatic heterocycles. The number of para-hydroxylation sites is 1. The standard InChI is InChI=1S/C23H16BrFN2O2/c24-21-3-1-2-4-22(21)27-23(28)18(14-26)13-16-7-11-20(12-8-16)29-15-17-5-9-19(25)10-6-17/h1-13H,15H2,(H,27,28)/b18-13-. The van der Waals surface area contributed by atoms with E-state index in [9.17, 15) is 14.4 Å². The van der Waals surface area contributed by atoms with Crippen LogP contribution in [0.3, 0.4) is 0 Å². The molecule has 1 amide bonds. The van der Waals surface area contributed by atoms with Gasteiger partial charge in [0.15, 0.2) is 0 Å². The van der Waals surface area contributed by atoms with Crippen LogP contribution in [0.15, 0.2) is 82.8 Å². The monoisotopic (exact) mass is 450 g/mol. The number of ether oxygens (including phenoxy) is 1. The van der Waals surface area contributed by atoms with Crippen molar-refractivity contribution in [2.45, 2.75) is 6.61 Å². The van der Waals surface area contributed by atoms with Crippen LogP contribution in [0.5, 0.6) is 5.75 Å². The highest BCUT2D eigenvalue weighted by Crippen LogP contribution is 2.22. The molecule has 0 fully saturated rings. The molecule has 0 aliphatic carbocycles. The molecule has 144 valence electrons. The summed E-state index contributed by atoms with van der Waals surface area (Å²) in [6, 6.07) is 22.2. The number of nitrogens with zero attached hydrogens (tertiary/aromatic N) is 1. The van der Waals surface area contributed by atoms with Gasteiger partial charge in [-0.3, -0.25) is 4.79 Å². The van der Waals surface area contributed by atoms with Gasteiger partial charge in [0.05, 0.1) is 5.69 Å². The van der Waals surface area contributed by atoms with Crippen molar-refractivity contribution in [2.24, 2.45) is 0 Å². The molecule has 1 N–H and O–H groups in total. The molecule has 3 aromatic carbocycles. The molecule has 0 spiro atoms. The van der Waals surface area contributed by atoms with Gasteiger partial charge in [-0.1, -0.05) is 36.4 Å². The number of nitriles is 1. The number of anilines is 1. The summed E-state index contributed by atoms with van der Waals surface area (Å²) >= 11 is 3.36. The average molecular weight is 451 g/mol. The zero-order valence-electron chi connectivity index (χ0n) is 15.2. The normalized spacial score (nSPS) is 10.9. The Hall–Kier alpha value is -3.43. The predicted molar refractivity (Wildman–Crippen MR) is 114 cm³/mol. The van der Waals surface area contributed by atoms with Crippen LogP contribution in [0.2, 0.25) is 0 Å². The van der Waals surface area contributed by atoms with Gasteiger partial charge in [0.25, 0.3) is 5.91 Å². The van der Waals surface area contributed by atoms with Crippen molar-refractivity contribution in [3.8, 4) is 11.8 Å². The number of nitrogens with one attached hydrogen (secondary N) is 1. The largest absolute Gasteiger partial charge is 0.489 e. The molecule has 0 radical (unpaired) electrons. The summed E-state index contributed by atoms with van der Waals surface area (Å²) in [7, 11) is 0. The predicted octanol–water partition coefficient (Wildman–Crippen LogP) is 5.71. The van der Waals surface area contributed by atoms with Crippen molar-refractivity contribution in [1.29, 1.82) is 5.26 Å². The Morgan fingerprint density at radius 1 is 1.07 bits per heavy atom. The maximum atomic E-state index is 12.9. The fourth-order valence-electron chi connectivity index (χ4n) is 2.48. The Balaban J connectivity index is 1.65. The van der Waals surface area contributed by atoms with Gasteiger partial charge in [-0.2, -0.15) is 5.26 Å². The highest BCUT2D eigenvalue weighted by atomic mass is 79.9. The Morgan fingerprint density at radius 2 is 1.76 bits per heavy atom. The second-order valence-corrected chi connectivity index (χ2v) is 6.94. The minimum absolute atomic E-state index is 0.0132. The number of carbonyl (C=O) groups excluding carboxylic acids is 1. The van der Waals surface area contributed by atoms with E-state index in [4.69, 9.17) is 4.74 Å². The lowest BCUT2D eigenvalue weighted by atomic mass is 10.1. The molecule has 3 rings (SSSR count). The highest BCUT2D eigenvalue weighted by Gasteiger charge is 2.11. The fraction of sp³-hybridized carbons (Fsp3) is 0.0435. The van der Waals surface area contributed by atoms with Gasteiger partial charge < -0.3 is 10.1 Å². The molecular weight excluding hydrogens is 435 g/mol. The third-order valence-electron chi connectivity index (χ3n) is 4.00. The van der Waals surface area contributed by atoms with Crippen LogP contribution >= 0.6 is 15.9 Å². The second-order valence-electron chi connectivity index (χ2n) is 6.09. The Kier molecular flexibility index (Phi) is 6.77. The third-order valence-corrected chi connectivity index (χ3v) is 4.69. The minimum atomic E-state index is -0.490. The summed E-state index contributed by atoms with van der Waals surface area (Å²) in [5.41, 5.74) is 2.12. The van der Waals surface area contributed by atoms with Crippen molar-refractivity contribution < 1.29 is 13.9 Å². The summed E-state index contributed by atoms with van der Waals surface area (Å²) in [6.07, 6.45) is 1.51. The molecule has 0 aliphatic heterocycles. The van der Waals surface area contributed by atoms with Crippen LogP contribution in [0.1, 0.15) is 11.1 Å². The molecule has 0 unspecified atom stereocenters.